The van der Waals surface area contributed by atoms with E-state index in [-0.39, 0.29) is 11.9 Å². The molecule has 2 heterocycles. The smallest absolute Gasteiger partial charge is 0.338 e. The molecule has 0 saturated carbocycles. The Bertz CT molecular complexity index is 2360. The van der Waals surface area contributed by atoms with Crippen LogP contribution >= 0.6 is 15.9 Å². The van der Waals surface area contributed by atoms with E-state index < -0.39 is 0 Å². The molecule has 0 atom stereocenters. The normalized spacial score (nSPS) is 10.7. The van der Waals surface area contributed by atoms with Crippen molar-refractivity contribution in [1.29, 1.82) is 0 Å². The predicted molar refractivity (Wildman–Crippen MR) is 203 cm³/mol. The Morgan fingerprint density at radius 2 is 1.06 bits per heavy atom. The first-order chi connectivity index (χ1) is 24.0. The third-order valence-corrected chi connectivity index (χ3v) is 8.48. The Hall–Kier alpha value is -5.66. The molecule has 0 aliphatic rings. The third-order valence-electron chi connectivity index (χ3n) is 7.95. The minimum Gasteiger partial charge on any atom is -0.462 e. The number of carbonyl (C=O) groups excluding carboxylic acids is 2. The van der Waals surface area contributed by atoms with Crippen LogP contribution in [-0.2, 0) is 9.47 Å². The van der Waals surface area contributed by atoms with Crippen LogP contribution in [0.15, 0.2) is 150 Å². The average molecular weight is 712 g/mol. The zero-order chi connectivity index (χ0) is 34.2. The highest BCUT2D eigenvalue weighted by atomic mass is 79.9. The number of fused-ring (bicyclic) bond motifs is 6. The van der Waals surface area contributed by atoms with Crippen molar-refractivity contribution in [3.63, 3.8) is 0 Å². The molecule has 0 radical (unpaired) electrons. The molecule has 0 aliphatic heterocycles. The molecule has 0 aliphatic carbocycles. The van der Waals surface area contributed by atoms with Gasteiger partial charge in [-0.15, -0.1) is 0 Å². The van der Waals surface area contributed by atoms with E-state index in [1.807, 2.05) is 129 Å². The van der Waals surface area contributed by atoms with Gasteiger partial charge in [0.15, 0.2) is 0 Å². The number of halogens is 1. The maximum atomic E-state index is 12.1. The number of carbonyl (C=O) groups is 2. The molecule has 0 saturated heterocycles. The van der Waals surface area contributed by atoms with Gasteiger partial charge in [0.05, 0.1) is 35.4 Å². The monoisotopic (exact) mass is 710 g/mol. The summed E-state index contributed by atoms with van der Waals surface area (Å²) < 4.78 is 13.5. The van der Waals surface area contributed by atoms with Crippen molar-refractivity contribution in [3.05, 3.63) is 161 Å². The van der Waals surface area contributed by atoms with Gasteiger partial charge in [-0.1, -0.05) is 88.7 Å². The first-order valence-electron chi connectivity index (χ1n) is 16.1. The van der Waals surface area contributed by atoms with Crippen molar-refractivity contribution in [2.24, 2.45) is 0 Å². The Morgan fingerprint density at radius 3 is 1.69 bits per heavy atom. The summed E-state index contributed by atoms with van der Waals surface area (Å²) in [6.07, 6.45) is 0. The summed E-state index contributed by atoms with van der Waals surface area (Å²) in [6, 6.07) is 47.9. The summed E-state index contributed by atoms with van der Waals surface area (Å²) in [5.41, 5.74) is 6.59. The van der Waals surface area contributed by atoms with Crippen LogP contribution < -0.4 is 0 Å². The topological polar surface area (TPSA) is 73.3 Å². The molecule has 6 aromatic carbocycles. The zero-order valence-electron chi connectivity index (χ0n) is 27.2. The minimum atomic E-state index is -0.282. The van der Waals surface area contributed by atoms with Crippen LogP contribution in [0.2, 0.25) is 0 Å². The van der Waals surface area contributed by atoms with Crippen molar-refractivity contribution >= 4 is 71.5 Å². The number of ether oxygens (including phenoxy) is 2. The second-order valence-corrected chi connectivity index (χ2v) is 12.0. The fourth-order valence-electron chi connectivity index (χ4n) is 5.77. The molecule has 0 fully saturated rings. The molecule has 7 heteroatoms. The first-order valence-corrected chi connectivity index (χ1v) is 16.9. The highest BCUT2D eigenvalue weighted by Crippen LogP contribution is 2.32. The molecule has 2 aromatic heterocycles. The zero-order valence-corrected chi connectivity index (χ0v) is 28.8. The van der Waals surface area contributed by atoms with Gasteiger partial charge in [-0.3, -0.25) is 0 Å². The molecule has 0 bridgehead atoms. The number of nitrogens with one attached hydrogen (secondary N) is 1. The number of hydrogen-bond donors (Lipinski definition) is 1. The highest BCUT2D eigenvalue weighted by Gasteiger charge is 2.15. The Balaban J connectivity index is 0.000000146. The van der Waals surface area contributed by atoms with Crippen molar-refractivity contribution in [3.8, 4) is 5.69 Å². The lowest BCUT2D eigenvalue weighted by atomic mass is 10.1. The van der Waals surface area contributed by atoms with Gasteiger partial charge in [0.1, 0.15) is 0 Å². The summed E-state index contributed by atoms with van der Waals surface area (Å²) in [7, 11) is 0. The lowest BCUT2D eigenvalue weighted by Gasteiger charge is -2.07. The van der Waals surface area contributed by atoms with Gasteiger partial charge in [-0.2, -0.15) is 0 Å². The fourth-order valence-corrected chi connectivity index (χ4v) is 6.08. The van der Waals surface area contributed by atoms with E-state index in [9.17, 15) is 9.59 Å². The maximum Gasteiger partial charge on any atom is 0.338 e. The molecule has 8 aromatic rings. The van der Waals surface area contributed by atoms with Crippen molar-refractivity contribution < 1.29 is 19.1 Å². The van der Waals surface area contributed by atoms with Crippen LogP contribution in [0.1, 0.15) is 34.6 Å². The van der Waals surface area contributed by atoms with E-state index in [0.29, 0.717) is 24.3 Å². The number of aromatic nitrogens is 2. The second-order valence-electron chi connectivity index (χ2n) is 11.1. The van der Waals surface area contributed by atoms with Gasteiger partial charge in [-0.25, -0.2) is 9.59 Å². The van der Waals surface area contributed by atoms with Crippen LogP contribution in [0.25, 0.3) is 49.3 Å². The largest absolute Gasteiger partial charge is 0.462 e. The summed E-state index contributed by atoms with van der Waals surface area (Å²) in [6.45, 7) is 4.40. The van der Waals surface area contributed by atoms with Crippen LogP contribution in [0.3, 0.4) is 0 Å². The maximum absolute atomic E-state index is 12.1. The van der Waals surface area contributed by atoms with Crippen molar-refractivity contribution in [2.45, 2.75) is 13.8 Å². The van der Waals surface area contributed by atoms with Gasteiger partial charge in [0.2, 0.25) is 0 Å². The molecule has 6 nitrogen and oxygen atoms in total. The molecule has 49 heavy (non-hydrogen) atoms. The summed E-state index contributed by atoms with van der Waals surface area (Å²) in [5, 5.41) is 4.36. The lowest BCUT2D eigenvalue weighted by molar-refractivity contribution is 0.0517. The molecular weight excluding hydrogens is 676 g/mol. The van der Waals surface area contributed by atoms with Crippen LogP contribution in [-0.4, -0.2) is 34.7 Å². The highest BCUT2D eigenvalue weighted by molar-refractivity contribution is 9.10. The molecule has 1 N–H and O–H groups in total. The van der Waals surface area contributed by atoms with E-state index >= 15 is 0 Å². The number of rotatable bonds is 5. The predicted octanol–water partition coefficient (Wildman–Crippen LogP) is 10.9. The summed E-state index contributed by atoms with van der Waals surface area (Å²) in [5.74, 6) is -0.555. The molecule has 0 spiro atoms. The van der Waals surface area contributed by atoms with Gasteiger partial charge in [0.25, 0.3) is 0 Å². The number of esters is 2. The second kappa shape index (κ2) is 15.5. The van der Waals surface area contributed by atoms with Gasteiger partial charge >= 0.3 is 11.9 Å². The van der Waals surface area contributed by atoms with E-state index in [0.717, 1.165) is 53.8 Å². The molecular formula is C42H35BrN2O4. The number of nitrogens with zero attached hydrogens (tertiary/aromatic N) is 1. The number of benzene rings is 6. The molecule has 8 rings (SSSR count). The number of para-hydroxylation sites is 3. The minimum absolute atomic E-state index is 0.273. The van der Waals surface area contributed by atoms with E-state index in [1.54, 1.807) is 6.07 Å². The van der Waals surface area contributed by atoms with E-state index in [2.05, 4.69) is 49.7 Å². The molecule has 0 amide bonds. The Kier molecular flexibility index (Phi) is 10.5. The molecule has 0 unspecified atom stereocenters. The number of aromatic amines is 1. The summed E-state index contributed by atoms with van der Waals surface area (Å²) >= 11 is 3.31. The first kappa shape index (κ1) is 33.2. The van der Waals surface area contributed by atoms with Crippen molar-refractivity contribution in [1.82, 2.24) is 9.55 Å². The van der Waals surface area contributed by atoms with Crippen LogP contribution in [0, 0.1) is 0 Å². The SMILES string of the molecule is Brc1ccccc1.CCOC(=O)c1ccc2[nH]c3ccccc3c2c1.CCOC(=O)c1ccc2c(c1)c1ccccc1n2-c1ccccc1. The Labute approximate surface area is 293 Å². The lowest BCUT2D eigenvalue weighted by Crippen LogP contribution is -2.04. The molecule has 244 valence electrons. The summed E-state index contributed by atoms with van der Waals surface area (Å²) in [4.78, 5) is 27.1. The average Bonchev–Trinajstić information content (AvgIpc) is 3.68. The fraction of sp³-hybridized carbons (Fsp3) is 0.0952. The van der Waals surface area contributed by atoms with Crippen LogP contribution in [0.5, 0.6) is 0 Å². The Morgan fingerprint density at radius 1 is 0.551 bits per heavy atom. The van der Waals surface area contributed by atoms with Crippen molar-refractivity contribution in [2.75, 3.05) is 13.2 Å². The van der Waals surface area contributed by atoms with Crippen LogP contribution in [0.4, 0.5) is 0 Å². The third kappa shape index (κ3) is 7.42. The number of H-pyrrole nitrogens is 1. The number of hydrogen-bond acceptors (Lipinski definition) is 4. The van der Waals surface area contributed by atoms with Gasteiger partial charge in [-0.05, 0) is 86.6 Å². The standard InChI is InChI=1S/C21H17NO2.C15H13NO2.C6H5Br/c1-2-24-21(23)15-12-13-20-18(14-15)17-10-6-7-11-19(17)22(20)16-8-4-3-5-9-16;1-2-18-15(17)10-7-8-14-12(9-10)11-5-3-4-6-13(11)16-14;7-6-4-2-1-3-5-6/h3-14H,2H2,1H3;3-9,16H,2H2,1H3;1-5H. The van der Waals surface area contributed by atoms with Gasteiger partial charge < -0.3 is 19.0 Å². The quantitative estimate of drug-likeness (QED) is 0.180. The van der Waals surface area contributed by atoms with E-state index in [1.165, 1.54) is 0 Å². The van der Waals surface area contributed by atoms with Gasteiger partial charge in [0, 0.05) is 42.7 Å². The van der Waals surface area contributed by atoms with E-state index in [4.69, 9.17) is 9.47 Å².